The first-order valence-electron chi connectivity index (χ1n) is 5.25. The number of aromatic nitrogens is 1. The van der Waals surface area contributed by atoms with E-state index in [1.165, 1.54) is 4.90 Å². The smallest absolute Gasteiger partial charge is 0.0507 e. The molecule has 17 heavy (non-hydrogen) atoms. The van der Waals surface area contributed by atoms with Gasteiger partial charge in [0.15, 0.2) is 0 Å². The van der Waals surface area contributed by atoms with Gasteiger partial charge in [-0.05, 0) is 52.7 Å². The van der Waals surface area contributed by atoms with E-state index in [1.54, 1.807) is 11.8 Å². The summed E-state index contributed by atoms with van der Waals surface area (Å²) in [6.07, 6.45) is 1.82. The van der Waals surface area contributed by atoms with Crippen LogP contribution in [0.3, 0.4) is 0 Å². The van der Waals surface area contributed by atoms with Gasteiger partial charge in [-0.1, -0.05) is 6.07 Å². The van der Waals surface area contributed by atoms with E-state index in [0.29, 0.717) is 0 Å². The van der Waals surface area contributed by atoms with Crippen LogP contribution in [0.15, 0.2) is 45.9 Å². The lowest BCUT2D eigenvalue weighted by molar-refractivity contribution is 1.16. The number of nitrogens with zero attached hydrogens (tertiary/aromatic N) is 1. The number of benzene rings is 1. The lowest BCUT2D eigenvalue weighted by Gasteiger charge is -2.07. The van der Waals surface area contributed by atoms with Crippen LogP contribution in [0.5, 0.6) is 0 Å². The van der Waals surface area contributed by atoms with Crippen LogP contribution in [-0.2, 0) is 5.75 Å². The van der Waals surface area contributed by atoms with Crippen LogP contribution in [0, 0.1) is 6.92 Å². The van der Waals surface area contributed by atoms with Crippen molar-refractivity contribution >= 4 is 33.4 Å². The van der Waals surface area contributed by atoms with E-state index < -0.39 is 0 Å². The Kier molecular flexibility index (Phi) is 4.07. The number of nitrogen functional groups attached to an aromatic ring is 1. The predicted molar refractivity (Wildman–Crippen MR) is 77.1 cm³/mol. The van der Waals surface area contributed by atoms with E-state index in [9.17, 15) is 0 Å². The Morgan fingerprint density at radius 3 is 2.82 bits per heavy atom. The summed E-state index contributed by atoms with van der Waals surface area (Å²) in [6.45, 7) is 2.05. The van der Waals surface area contributed by atoms with Crippen molar-refractivity contribution in [2.24, 2.45) is 0 Å². The van der Waals surface area contributed by atoms with Gasteiger partial charge in [0.2, 0.25) is 0 Å². The number of hydrogen-bond acceptors (Lipinski definition) is 3. The van der Waals surface area contributed by atoms with E-state index >= 15 is 0 Å². The molecule has 0 aliphatic carbocycles. The number of rotatable bonds is 3. The summed E-state index contributed by atoms with van der Waals surface area (Å²) >= 11 is 5.14. The molecular formula is C13H13BrN2S. The maximum absolute atomic E-state index is 5.87. The molecule has 0 amide bonds. The van der Waals surface area contributed by atoms with Gasteiger partial charge in [0.25, 0.3) is 0 Å². The summed E-state index contributed by atoms with van der Waals surface area (Å²) in [5, 5.41) is 0. The molecule has 0 fully saturated rings. The van der Waals surface area contributed by atoms with Gasteiger partial charge in [-0.2, -0.15) is 0 Å². The summed E-state index contributed by atoms with van der Waals surface area (Å²) in [5.41, 5.74) is 8.94. The zero-order valence-electron chi connectivity index (χ0n) is 9.48. The largest absolute Gasteiger partial charge is 0.398 e. The standard InChI is InChI=1S/C13H13BrN2S/c1-9-12(15)3-2-4-13(9)17-8-11-6-5-10(14)7-16-11/h2-7H,8,15H2,1H3. The van der Waals surface area contributed by atoms with Crippen molar-refractivity contribution in [2.75, 3.05) is 5.73 Å². The van der Waals surface area contributed by atoms with Crippen LogP contribution in [0.1, 0.15) is 11.3 Å². The lowest BCUT2D eigenvalue weighted by Crippen LogP contribution is -1.92. The molecule has 0 radical (unpaired) electrons. The predicted octanol–water partition coefficient (Wildman–Crippen LogP) is 4.03. The molecule has 1 aromatic carbocycles. The highest BCUT2D eigenvalue weighted by molar-refractivity contribution is 9.10. The Balaban J connectivity index is 2.07. The molecule has 1 heterocycles. The zero-order valence-corrected chi connectivity index (χ0v) is 11.9. The molecule has 0 unspecified atom stereocenters. The number of pyridine rings is 1. The van der Waals surface area contributed by atoms with Gasteiger partial charge in [-0.25, -0.2) is 0 Å². The molecule has 4 heteroatoms. The molecule has 0 saturated carbocycles. The second-order valence-corrected chi connectivity index (χ2v) is 5.66. The first kappa shape index (κ1) is 12.5. The molecule has 0 bridgehead atoms. The van der Waals surface area contributed by atoms with Crippen molar-refractivity contribution in [1.29, 1.82) is 0 Å². The van der Waals surface area contributed by atoms with E-state index in [0.717, 1.165) is 27.2 Å². The van der Waals surface area contributed by atoms with Crippen molar-refractivity contribution in [1.82, 2.24) is 4.98 Å². The third-order valence-electron chi connectivity index (χ3n) is 2.49. The van der Waals surface area contributed by atoms with Crippen LogP contribution in [0.4, 0.5) is 5.69 Å². The van der Waals surface area contributed by atoms with Gasteiger partial charge in [0.1, 0.15) is 0 Å². The fourth-order valence-electron chi connectivity index (χ4n) is 1.43. The Hall–Kier alpha value is -1.00. The Morgan fingerprint density at radius 2 is 2.12 bits per heavy atom. The highest BCUT2D eigenvalue weighted by Crippen LogP contribution is 2.28. The second-order valence-electron chi connectivity index (χ2n) is 3.73. The summed E-state index contributed by atoms with van der Waals surface area (Å²) in [5.74, 6) is 0.859. The van der Waals surface area contributed by atoms with E-state index in [2.05, 4.69) is 27.0 Å². The maximum Gasteiger partial charge on any atom is 0.0507 e. The molecular weight excluding hydrogens is 296 g/mol. The van der Waals surface area contributed by atoms with Crippen molar-refractivity contribution < 1.29 is 0 Å². The third kappa shape index (κ3) is 3.23. The zero-order chi connectivity index (χ0) is 12.3. The van der Waals surface area contributed by atoms with Crippen LogP contribution in [-0.4, -0.2) is 4.98 Å². The van der Waals surface area contributed by atoms with Gasteiger partial charge >= 0.3 is 0 Å². The Bertz CT molecular complexity index is 511. The molecule has 2 rings (SSSR count). The number of hydrogen-bond donors (Lipinski definition) is 1. The normalized spacial score (nSPS) is 10.5. The average Bonchev–Trinajstić information content (AvgIpc) is 2.33. The molecule has 0 atom stereocenters. The minimum absolute atomic E-state index is 0.846. The molecule has 1 aromatic heterocycles. The maximum atomic E-state index is 5.87. The van der Waals surface area contributed by atoms with E-state index in [1.807, 2.05) is 37.4 Å². The Labute approximate surface area is 114 Å². The molecule has 0 aliphatic heterocycles. The van der Waals surface area contributed by atoms with Crippen molar-refractivity contribution in [3.8, 4) is 0 Å². The topological polar surface area (TPSA) is 38.9 Å². The van der Waals surface area contributed by atoms with Gasteiger partial charge in [-0.15, -0.1) is 11.8 Å². The van der Waals surface area contributed by atoms with Gasteiger partial charge in [-0.3, -0.25) is 4.98 Å². The van der Waals surface area contributed by atoms with Gasteiger partial charge in [0, 0.05) is 27.0 Å². The summed E-state index contributed by atoms with van der Waals surface area (Å²) < 4.78 is 1.01. The van der Waals surface area contributed by atoms with Gasteiger partial charge in [0.05, 0.1) is 5.69 Å². The number of nitrogens with two attached hydrogens (primary N) is 1. The van der Waals surface area contributed by atoms with Crippen molar-refractivity contribution in [3.05, 3.63) is 52.3 Å². The van der Waals surface area contributed by atoms with Crippen molar-refractivity contribution in [3.63, 3.8) is 0 Å². The number of halogens is 1. The third-order valence-corrected chi connectivity index (χ3v) is 4.15. The molecule has 2 aromatic rings. The average molecular weight is 309 g/mol. The monoisotopic (exact) mass is 308 g/mol. The van der Waals surface area contributed by atoms with Gasteiger partial charge < -0.3 is 5.73 Å². The molecule has 0 aliphatic rings. The Morgan fingerprint density at radius 1 is 1.29 bits per heavy atom. The van der Waals surface area contributed by atoms with Crippen LogP contribution in [0.2, 0.25) is 0 Å². The summed E-state index contributed by atoms with van der Waals surface area (Å²) in [4.78, 5) is 5.56. The highest BCUT2D eigenvalue weighted by atomic mass is 79.9. The summed E-state index contributed by atoms with van der Waals surface area (Å²) in [7, 11) is 0. The second kappa shape index (κ2) is 5.56. The first-order chi connectivity index (χ1) is 8.16. The minimum Gasteiger partial charge on any atom is -0.398 e. The molecule has 0 spiro atoms. The van der Waals surface area contributed by atoms with Crippen LogP contribution >= 0.6 is 27.7 Å². The fourth-order valence-corrected chi connectivity index (χ4v) is 2.65. The fraction of sp³-hybridized carbons (Fsp3) is 0.154. The van der Waals surface area contributed by atoms with E-state index in [-0.39, 0.29) is 0 Å². The minimum atomic E-state index is 0.846. The van der Waals surface area contributed by atoms with Crippen LogP contribution < -0.4 is 5.73 Å². The SMILES string of the molecule is Cc1c(N)cccc1SCc1ccc(Br)cn1. The van der Waals surface area contributed by atoms with Crippen molar-refractivity contribution in [2.45, 2.75) is 17.6 Å². The van der Waals surface area contributed by atoms with Crippen LogP contribution in [0.25, 0.3) is 0 Å². The number of thioether (sulfide) groups is 1. The molecule has 2 nitrogen and oxygen atoms in total. The molecule has 88 valence electrons. The first-order valence-corrected chi connectivity index (χ1v) is 7.03. The summed E-state index contributed by atoms with van der Waals surface area (Å²) in [6, 6.07) is 10.0. The number of anilines is 1. The van der Waals surface area contributed by atoms with E-state index in [4.69, 9.17) is 5.73 Å². The molecule has 0 saturated heterocycles. The lowest BCUT2D eigenvalue weighted by atomic mass is 10.2. The molecule has 2 N–H and O–H groups in total. The highest BCUT2D eigenvalue weighted by Gasteiger charge is 2.03. The quantitative estimate of drug-likeness (QED) is 0.687.